The Morgan fingerprint density at radius 3 is 2.37 bits per heavy atom. The third kappa shape index (κ3) is 5.63. The topological polar surface area (TPSA) is 26.3 Å². The normalized spacial score (nSPS) is 16.9. The van der Waals surface area contributed by atoms with Crippen molar-refractivity contribution in [3.05, 3.63) is 24.8 Å². The highest BCUT2D eigenvalue weighted by Gasteiger charge is 2.35. The van der Waals surface area contributed by atoms with Gasteiger partial charge in [-0.3, -0.25) is 4.79 Å². The van der Waals surface area contributed by atoms with Gasteiger partial charge in [-0.1, -0.05) is 39.0 Å². The van der Waals surface area contributed by atoms with E-state index in [1.54, 1.807) is 0 Å². The lowest BCUT2D eigenvalue weighted by Crippen LogP contribution is -2.34. The van der Waals surface area contributed by atoms with Gasteiger partial charge in [0.05, 0.1) is 12.0 Å². The minimum absolute atomic E-state index is 0.110. The number of carbonyl (C=O) groups excluding carboxylic acids is 1. The van der Waals surface area contributed by atoms with Crippen molar-refractivity contribution in [1.82, 2.24) is 0 Å². The van der Waals surface area contributed by atoms with Crippen LogP contribution in [0.25, 0.3) is 0 Å². The van der Waals surface area contributed by atoms with E-state index in [4.69, 9.17) is 4.74 Å². The van der Waals surface area contributed by atoms with Crippen LogP contribution in [0.15, 0.2) is 24.8 Å². The van der Waals surface area contributed by atoms with E-state index in [1.165, 1.54) is 0 Å². The van der Waals surface area contributed by atoms with Gasteiger partial charge in [-0.15, -0.1) is 6.58 Å². The van der Waals surface area contributed by atoms with Gasteiger partial charge in [0, 0.05) is 0 Å². The van der Waals surface area contributed by atoms with Gasteiger partial charge < -0.3 is 4.74 Å². The van der Waals surface area contributed by atoms with Crippen molar-refractivity contribution in [3.8, 4) is 0 Å². The molecule has 3 unspecified atom stereocenters. The van der Waals surface area contributed by atoms with Crippen molar-refractivity contribution < 1.29 is 9.53 Å². The van der Waals surface area contributed by atoms with Crippen molar-refractivity contribution in [2.75, 3.05) is 6.61 Å². The van der Waals surface area contributed by atoms with Crippen LogP contribution in [0, 0.1) is 23.2 Å². The second-order valence-corrected chi connectivity index (χ2v) is 6.11. The summed E-state index contributed by atoms with van der Waals surface area (Å²) in [5.41, 5.74) is -0.461. The third-order valence-electron chi connectivity index (χ3n) is 4.15. The Kier molecular flexibility index (Phi) is 7.73. The molecule has 0 radical (unpaired) electrons. The lowest BCUT2D eigenvalue weighted by molar-refractivity contribution is -0.158. The fraction of sp³-hybridized carbons (Fsp3) is 0.706. The van der Waals surface area contributed by atoms with E-state index in [1.807, 2.05) is 32.9 Å². The summed E-state index contributed by atoms with van der Waals surface area (Å²) in [7, 11) is 0. The van der Waals surface area contributed by atoms with Crippen molar-refractivity contribution >= 4 is 5.97 Å². The SMILES string of the molecule is C=CCC(C)C(C)(C)C(=O)OCC(C)C(C)/C=C\C. The van der Waals surface area contributed by atoms with E-state index in [0.717, 1.165) is 6.42 Å². The smallest absolute Gasteiger partial charge is 0.311 e. The predicted octanol–water partition coefficient (Wildman–Crippen LogP) is 4.62. The van der Waals surface area contributed by atoms with E-state index < -0.39 is 5.41 Å². The summed E-state index contributed by atoms with van der Waals surface area (Å²) in [6.45, 7) is 16.4. The van der Waals surface area contributed by atoms with Gasteiger partial charge in [0.25, 0.3) is 0 Å². The summed E-state index contributed by atoms with van der Waals surface area (Å²) in [4.78, 5) is 12.2. The number of ether oxygens (including phenoxy) is 1. The Morgan fingerprint density at radius 1 is 1.32 bits per heavy atom. The molecule has 0 amide bonds. The first kappa shape index (κ1) is 17.9. The number of allylic oxidation sites excluding steroid dienone is 3. The molecule has 3 atom stereocenters. The van der Waals surface area contributed by atoms with Gasteiger partial charge in [-0.05, 0) is 44.9 Å². The highest BCUT2D eigenvalue weighted by molar-refractivity contribution is 5.76. The molecule has 0 bridgehead atoms. The van der Waals surface area contributed by atoms with Crippen LogP contribution in [-0.2, 0) is 9.53 Å². The Bertz CT molecular complexity index is 315. The maximum Gasteiger partial charge on any atom is 0.311 e. The van der Waals surface area contributed by atoms with Gasteiger partial charge in [0.15, 0.2) is 0 Å². The molecule has 0 aliphatic heterocycles. The number of carbonyl (C=O) groups is 1. The van der Waals surface area contributed by atoms with E-state index in [2.05, 4.69) is 33.4 Å². The Balaban J connectivity index is 4.41. The molecule has 2 heteroatoms. The molecule has 110 valence electrons. The Hall–Kier alpha value is -1.05. The molecule has 0 heterocycles. The highest BCUT2D eigenvalue weighted by Crippen LogP contribution is 2.31. The van der Waals surface area contributed by atoms with Crippen LogP contribution in [0.1, 0.15) is 48.0 Å². The number of hydrogen-bond donors (Lipinski definition) is 0. The van der Waals surface area contributed by atoms with Crippen LogP contribution < -0.4 is 0 Å². The molecule has 0 spiro atoms. The second kappa shape index (κ2) is 8.19. The van der Waals surface area contributed by atoms with Crippen LogP contribution in [0.2, 0.25) is 0 Å². The van der Waals surface area contributed by atoms with Gasteiger partial charge in [-0.2, -0.15) is 0 Å². The maximum absolute atomic E-state index is 12.2. The Labute approximate surface area is 118 Å². The van der Waals surface area contributed by atoms with Crippen LogP contribution >= 0.6 is 0 Å². The van der Waals surface area contributed by atoms with Gasteiger partial charge in [-0.25, -0.2) is 0 Å². The summed E-state index contributed by atoms with van der Waals surface area (Å²) < 4.78 is 5.50. The number of esters is 1. The summed E-state index contributed by atoms with van der Waals surface area (Å²) in [6, 6.07) is 0. The van der Waals surface area contributed by atoms with Crippen LogP contribution in [-0.4, -0.2) is 12.6 Å². The monoisotopic (exact) mass is 266 g/mol. The van der Waals surface area contributed by atoms with Crippen LogP contribution in [0.5, 0.6) is 0 Å². The van der Waals surface area contributed by atoms with Crippen molar-refractivity contribution in [3.63, 3.8) is 0 Å². The van der Waals surface area contributed by atoms with Gasteiger partial charge >= 0.3 is 5.97 Å². The molecule has 0 N–H and O–H groups in total. The Morgan fingerprint density at radius 2 is 1.89 bits per heavy atom. The fourth-order valence-corrected chi connectivity index (χ4v) is 1.78. The number of rotatable bonds is 8. The average molecular weight is 266 g/mol. The molecule has 0 aliphatic rings. The molecular formula is C17H30O2. The standard InChI is InChI=1S/C17H30O2/c1-8-10-13(3)14(4)12-19-16(18)17(6,7)15(5)11-9-2/h8-10,13-15H,2,11-12H2,1,3-7H3/b10-8-. The summed E-state index contributed by atoms with van der Waals surface area (Å²) >= 11 is 0. The summed E-state index contributed by atoms with van der Waals surface area (Å²) in [6.07, 6.45) is 6.87. The lowest BCUT2D eigenvalue weighted by atomic mass is 9.78. The fourth-order valence-electron chi connectivity index (χ4n) is 1.78. The van der Waals surface area contributed by atoms with Crippen molar-refractivity contribution in [2.24, 2.45) is 23.2 Å². The molecule has 0 aromatic rings. The van der Waals surface area contributed by atoms with Gasteiger partial charge in [0.1, 0.15) is 0 Å². The molecule has 0 saturated carbocycles. The molecule has 0 aliphatic carbocycles. The van der Waals surface area contributed by atoms with E-state index in [-0.39, 0.29) is 11.9 Å². The third-order valence-corrected chi connectivity index (χ3v) is 4.15. The molecule has 19 heavy (non-hydrogen) atoms. The van der Waals surface area contributed by atoms with E-state index in [9.17, 15) is 4.79 Å². The van der Waals surface area contributed by atoms with E-state index >= 15 is 0 Å². The quantitative estimate of drug-likeness (QED) is 0.473. The largest absolute Gasteiger partial charge is 0.465 e. The summed E-state index contributed by atoms with van der Waals surface area (Å²) in [5.74, 6) is 0.888. The predicted molar refractivity (Wildman–Crippen MR) is 81.9 cm³/mol. The first-order valence-electron chi connectivity index (χ1n) is 7.18. The molecule has 0 rings (SSSR count). The lowest BCUT2D eigenvalue weighted by Gasteiger charge is -2.29. The van der Waals surface area contributed by atoms with Crippen LogP contribution in [0.4, 0.5) is 0 Å². The maximum atomic E-state index is 12.2. The second-order valence-electron chi connectivity index (χ2n) is 6.11. The molecule has 0 saturated heterocycles. The molecule has 2 nitrogen and oxygen atoms in total. The highest BCUT2D eigenvalue weighted by atomic mass is 16.5. The first-order valence-corrected chi connectivity index (χ1v) is 7.18. The zero-order valence-electron chi connectivity index (χ0n) is 13.4. The molecular weight excluding hydrogens is 236 g/mol. The first-order chi connectivity index (χ1) is 8.77. The zero-order valence-corrected chi connectivity index (χ0v) is 13.4. The van der Waals surface area contributed by atoms with Gasteiger partial charge in [0.2, 0.25) is 0 Å². The zero-order chi connectivity index (χ0) is 15.1. The average Bonchev–Trinajstić information content (AvgIpc) is 2.35. The minimum atomic E-state index is -0.461. The minimum Gasteiger partial charge on any atom is -0.465 e. The molecule has 0 fully saturated rings. The van der Waals surface area contributed by atoms with Crippen LogP contribution in [0.3, 0.4) is 0 Å². The van der Waals surface area contributed by atoms with Crippen molar-refractivity contribution in [2.45, 2.75) is 48.0 Å². The van der Waals surface area contributed by atoms with Crippen molar-refractivity contribution in [1.29, 1.82) is 0 Å². The molecule has 0 aromatic heterocycles. The van der Waals surface area contributed by atoms with E-state index in [0.29, 0.717) is 18.4 Å². The molecule has 0 aromatic carbocycles. The number of hydrogen-bond acceptors (Lipinski definition) is 2. The summed E-state index contributed by atoms with van der Waals surface area (Å²) in [5, 5.41) is 0.